The Morgan fingerprint density at radius 2 is 1.35 bits per heavy atom. The Bertz CT molecular complexity index is 361. The minimum atomic E-state index is -5.93. The Morgan fingerprint density at radius 3 is 1.70 bits per heavy atom. The average Bonchev–Trinajstić information content (AvgIpc) is 2.35. The lowest BCUT2D eigenvalue weighted by Crippen LogP contribution is -2.60. The quantitative estimate of drug-likeness (QED) is 0.488. The van der Waals surface area contributed by atoms with Crippen molar-refractivity contribution < 1.29 is 40.2 Å². The van der Waals surface area contributed by atoms with Gasteiger partial charge in [-0.1, -0.05) is 12.2 Å². The van der Waals surface area contributed by atoms with Gasteiger partial charge in [-0.05, 0) is 25.3 Å². The molecule has 0 aromatic heterocycles. The highest BCUT2D eigenvalue weighted by Gasteiger charge is 2.76. The molecule has 1 aliphatic carbocycles. The molecule has 2 rings (SSSR count). The zero-order valence-electron chi connectivity index (χ0n) is 10.0. The van der Waals surface area contributed by atoms with Gasteiger partial charge in [-0.2, -0.15) is 30.7 Å². The highest BCUT2D eigenvalue weighted by molar-refractivity contribution is 4.96. The highest BCUT2D eigenvalue weighted by Crippen LogP contribution is 2.48. The van der Waals surface area contributed by atoms with Gasteiger partial charge in [0.2, 0.25) is 0 Å². The molecule has 0 unspecified atom stereocenters. The second kappa shape index (κ2) is 6.02. The normalized spacial score (nSPS) is 21.6. The van der Waals surface area contributed by atoms with E-state index in [0.29, 0.717) is 6.08 Å². The van der Waals surface area contributed by atoms with E-state index < -0.39 is 37.2 Å². The molecule has 0 saturated heterocycles. The van der Waals surface area contributed by atoms with Crippen molar-refractivity contribution in [2.45, 2.75) is 37.4 Å². The molecule has 0 aromatic carbocycles. The maximum atomic E-state index is 12.6. The Labute approximate surface area is 109 Å². The molecule has 0 bridgehead atoms. The number of hydrogen-bond donors (Lipinski definition) is 0. The first-order valence-corrected chi connectivity index (χ1v) is 5.57. The summed E-state index contributed by atoms with van der Waals surface area (Å²) >= 11 is 0. The molecule has 0 amide bonds. The van der Waals surface area contributed by atoms with Crippen LogP contribution in [0.1, 0.15) is 19.3 Å². The lowest BCUT2D eigenvalue weighted by Gasteiger charge is -2.34. The fourth-order valence-electron chi connectivity index (χ4n) is 1.19. The van der Waals surface area contributed by atoms with Crippen LogP contribution in [0.15, 0.2) is 24.2 Å². The van der Waals surface area contributed by atoms with Gasteiger partial charge >= 0.3 is 18.1 Å². The van der Waals surface area contributed by atoms with Crippen molar-refractivity contribution >= 4 is 0 Å². The summed E-state index contributed by atoms with van der Waals surface area (Å²) < 4.78 is 93.1. The molecule has 9 heteroatoms. The molecular formula is C11H11F7O2. The number of ether oxygens (including phenoxy) is 2. The van der Waals surface area contributed by atoms with Gasteiger partial charge in [0, 0.05) is 0 Å². The van der Waals surface area contributed by atoms with E-state index in [-0.39, 0.29) is 0 Å². The molecule has 2 aliphatic rings. The van der Waals surface area contributed by atoms with Crippen LogP contribution < -0.4 is 0 Å². The predicted molar refractivity (Wildman–Crippen MR) is 54.1 cm³/mol. The van der Waals surface area contributed by atoms with Crippen LogP contribution >= 0.6 is 0 Å². The van der Waals surface area contributed by atoms with Crippen molar-refractivity contribution in [3.8, 4) is 0 Å². The molecule has 1 heterocycles. The zero-order chi connectivity index (χ0) is 15.4. The molecule has 0 spiro atoms. The molecule has 2 nitrogen and oxygen atoms in total. The van der Waals surface area contributed by atoms with Gasteiger partial charge in [-0.15, -0.1) is 0 Å². The number of alkyl halides is 6. The van der Waals surface area contributed by atoms with E-state index >= 15 is 0 Å². The van der Waals surface area contributed by atoms with Gasteiger partial charge in [0.1, 0.15) is 0 Å². The summed E-state index contributed by atoms with van der Waals surface area (Å²) in [5, 5.41) is 0. The largest absolute Gasteiger partial charge is 0.465 e. The topological polar surface area (TPSA) is 18.5 Å². The fourth-order valence-corrected chi connectivity index (χ4v) is 1.19. The summed E-state index contributed by atoms with van der Waals surface area (Å²) in [6.45, 7) is -0.952. The zero-order valence-corrected chi connectivity index (χ0v) is 10.0. The van der Waals surface area contributed by atoms with Crippen LogP contribution in [0.25, 0.3) is 0 Å². The second-order valence-electron chi connectivity index (χ2n) is 3.91. The first kappa shape index (κ1) is 16.8. The lowest BCUT2D eigenvalue weighted by molar-refractivity contribution is -0.461. The number of halogens is 7. The van der Waals surface area contributed by atoms with Gasteiger partial charge in [-0.25, -0.2) is 0 Å². The summed E-state index contributed by atoms with van der Waals surface area (Å²) in [7, 11) is 0. The number of allylic oxidation sites excluding steroid dienone is 2. The standard InChI is InChI=1S/C7H5F7O2.C4H6/c8-4-2-1-3-15-5(16-4,6(9,10)11)7(12,13)14;1-2-4-3-1/h2H,1,3H2;1-2H,3-4H2. The van der Waals surface area contributed by atoms with E-state index in [2.05, 4.69) is 21.6 Å². The number of rotatable bonds is 0. The maximum Gasteiger partial charge on any atom is 0.465 e. The highest BCUT2D eigenvalue weighted by atomic mass is 19.4. The lowest BCUT2D eigenvalue weighted by atomic mass is 10.1. The van der Waals surface area contributed by atoms with Crippen molar-refractivity contribution in [1.29, 1.82) is 0 Å². The summed E-state index contributed by atoms with van der Waals surface area (Å²) in [5.74, 6) is -4.93. The van der Waals surface area contributed by atoms with Gasteiger partial charge in [0.25, 0.3) is 6.01 Å². The third-order valence-electron chi connectivity index (χ3n) is 2.38. The molecule has 20 heavy (non-hydrogen) atoms. The first-order valence-electron chi connectivity index (χ1n) is 5.57. The van der Waals surface area contributed by atoms with Crippen molar-refractivity contribution in [2.75, 3.05) is 6.61 Å². The smallest absolute Gasteiger partial charge is 0.421 e. The van der Waals surface area contributed by atoms with Crippen LogP contribution in [0.2, 0.25) is 0 Å². The summed E-state index contributed by atoms with van der Waals surface area (Å²) in [6.07, 6.45) is -4.86. The molecule has 0 saturated carbocycles. The SMILES string of the molecule is C1=CCC1.FC1=CCCOC(C(F)(F)F)(C(F)(F)F)O1. The Hall–Kier alpha value is -1.25. The van der Waals surface area contributed by atoms with Crippen molar-refractivity contribution in [2.24, 2.45) is 0 Å². The monoisotopic (exact) mass is 308 g/mol. The van der Waals surface area contributed by atoms with E-state index in [1.165, 1.54) is 12.8 Å². The number of hydrogen-bond acceptors (Lipinski definition) is 2. The molecule has 1 aliphatic heterocycles. The Morgan fingerprint density at radius 1 is 0.900 bits per heavy atom. The van der Waals surface area contributed by atoms with Crippen LogP contribution in [0.5, 0.6) is 0 Å². The molecular weight excluding hydrogens is 297 g/mol. The van der Waals surface area contributed by atoms with Crippen molar-refractivity contribution in [1.82, 2.24) is 0 Å². The first-order chi connectivity index (χ1) is 9.10. The van der Waals surface area contributed by atoms with Gasteiger partial charge < -0.3 is 9.47 Å². The van der Waals surface area contributed by atoms with E-state index in [9.17, 15) is 30.7 Å². The molecule has 0 aromatic rings. The van der Waals surface area contributed by atoms with Crippen LogP contribution in [0, 0.1) is 0 Å². The molecule has 0 fully saturated rings. The Balaban J connectivity index is 0.000000425. The van der Waals surface area contributed by atoms with Gasteiger partial charge in [0.15, 0.2) is 0 Å². The predicted octanol–water partition coefficient (Wildman–Crippen LogP) is 4.39. The average molecular weight is 308 g/mol. The fraction of sp³-hybridized carbons (Fsp3) is 0.636. The molecule has 0 radical (unpaired) electrons. The summed E-state index contributed by atoms with van der Waals surface area (Å²) in [4.78, 5) is 0. The maximum absolute atomic E-state index is 12.6. The van der Waals surface area contributed by atoms with E-state index in [4.69, 9.17) is 0 Å². The Kier molecular flexibility index (Phi) is 5.06. The van der Waals surface area contributed by atoms with Gasteiger partial charge in [-0.3, -0.25) is 0 Å². The van der Waals surface area contributed by atoms with E-state index in [0.717, 1.165) is 0 Å². The third-order valence-corrected chi connectivity index (χ3v) is 2.38. The van der Waals surface area contributed by atoms with Crippen LogP contribution in [0.3, 0.4) is 0 Å². The van der Waals surface area contributed by atoms with Gasteiger partial charge in [0.05, 0.1) is 6.61 Å². The molecule has 0 atom stereocenters. The minimum Gasteiger partial charge on any atom is -0.421 e. The third kappa shape index (κ3) is 3.65. The summed E-state index contributed by atoms with van der Waals surface area (Å²) in [6, 6.07) is -1.97. The van der Waals surface area contributed by atoms with Crippen molar-refractivity contribution in [3.05, 3.63) is 24.2 Å². The summed E-state index contributed by atoms with van der Waals surface area (Å²) in [5.41, 5.74) is 0. The second-order valence-corrected chi connectivity index (χ2v) is 3.91. The van der Waals surface area contributed by atoms with E-state index in [1.807, 2.05) is 0 Å². The van der Waals surface area contributed by atoms with Crippen LogP contribution in [-0.2, 0) is 9.47 Å². The van der Waals surface area contributed by atoms with Crippen molar-refractivity contribution in [3.63, 3.8) is 0 Å². The minimum absolute atomic E-state index is 0.444. The van der Waals surface area contributed by atoms with E-state index in [1.54, 1.807) is 0 Å². The molecule has 0 N–H and O–H groups in total. The van der Waals surface area contributed by atoms with Crippen LogP contribution in [0.4, 0.5) is 30.7 Å². The molecule has 116 valence electrons. The van der Waals surface area contributed by atoms with Crippen LogP contribution in [-0.4, -0.2) is 24.7 Å².